The van der Waals surface area contributed by atoms with Crippen LogP contribution in [-0.2, 0) is 13.5 Å². The summed E-state index contributed by atoms with van der Waals surface area (Å²) < 4.78 is 1.71. The number of anilines is 2. The zero-order valence-electron chi connectivity index (χ0n) is 6.26. The van der Waals surface area contributed by atoms with Gasteiger partial charge in [-0.2, -0.15) is 5.10 Å². The molecular weight excluding hydrogens is 128 g/mol. The monoisotopic (exact) mass is 140 g/mol. The zero-order valence-corrected chi connectivity index (χ0v) is 6.26. The zero-order chi connectivity index (χ0) is 7.72. The molecule has 0 aromatic carbocycles. The quantitative estimate of drug-likeness (QED) is 0.583. The third-order valence-corrected chi connectivity index (χ3v) is 1.57. The minimum absolute atomic E-state index is 0.430. The molecule has 0 aliphatic heterocycles. The van der Waals surface area contributed by atoms with Crippen molar-refractivity contribution in [2.75, 3.05) is 11.5 Å². The molecule has 1 aromatic rings. The molecule has 1 heterocycles. The van der Waals surface area contributed by atoms with E-state index >= 15 is 0 Å². The molecule has 0 saturated heterocycles. The molecule has 0 atom stereocenters. The van der Waals surface area contributed by atoms with Crippen molar-refractivity contribution in [1.29, 1.82) is 0 Å². The standard InChI is InChI=1S/C6H12N4/c1-3-4-5(7)6(8)9-10(4)2/h3,7H2,1-2H3,(H2,8,9). The highest BCUT2D eigenvalue weighted by atomic mass is 15.3. The normalized spacial score (nSPS) is 10.2. The van der Waals surface area contributed by atoms with Gasteiger partial charge in [-0.15, -0.1) is 0 Å². The minimum Gasteiger partial charge on any atom is -0.394 e. The van der Waals surface area contributed by atoms with Gasteiger partial charge in [-0.3, -0.25) is 4.68 Å². The SMILES string of the molecule is CCc1c(N)c(N)nn1C. The molecule has 56 valence electrons. The Labute approximate surface area is 59.8 Å². The van der Waals surface area contributed by atoms with Gasteiger partial charge in [0.15, 0.2) is 5.82 Å². The van der Waals surface area contributed by atoms with Gasteiger partial charge in [0.05, 0.1) is 11.4 Å². The van der Waals surface area contributed by atoms with Crippen molar-refractivity contribution in [3.63, 3.8) is 0 Å². The van der Waals surface area contributed by atoms with Gasteiger partial charge in [-0.25, -0.2) is 0 Å². The number of rotatable bonds is 1. The van der Waals surface area contributed by atoms with Gasteiger partial charge in [-0.05, 0) is 6.42 Å². The summed E-state index contributed by atoms with van der Waals surface area (Å²) in [4.78, 5) is 0. The molecule has 4 heteroatoms. The lowest BCUT2D eigenvalue weighted by molar-refractivity contribution is 0.722. The van der Waals surface area contributed by atoms with Crippen molar-refractivity contribution in [2.45, 2.75) is 13.3 Å². The highest BCUT2D eigenvalue weighted by Crippen LogP contribution is 2.17. The van der Waals surface area contributed by atoms with E-state index in [1.807, 2.05) is 14.0 Å². The van der Waals surface area contributed by atoms with Crippen molar-refractivity contribution >= 4 is 11.5 Å². The Kier molecular flexibility index (Phi) is 1.53. The molecule has 0 radical (unpaired) electrons. The second-order valence-corrected chi connectivity index (χ2v) is 2.22. The first-order chi connectivity index (χ1) is 4.66. The molecular formula is C6H12N4. The van der Waals surface area contributed by atoms with Gasteiger partial charge >= 0.3 is 0 Å². The van der Waals surface area contributed by atoms with Crippen LogP contribution in [0, 0.1) is 0 Å². The number of aryl methyl sites for hydroxylation is 1. The van der Waals surface area contributed by atoms with Gasteiger partial charge in [-0.1, -0.05) is 6.92 Å². The molecule has 0 aliphatic carbocycles. The van der Waals surface area contributed by atoms with E-state index < -0.39 is 0 Å². The summed E-state index contributed by atoms with van der Waals surface area (Å²) in [7, 11) is 1.84. The molecule has 4 nitrogen and oxygen atoms in total. The third kappa shape index (κ3) is 0.814. The highest BCUT2D eigenvalue weighted by molar-refractivity contribution is 5.61. The van der Waals surface area contributed by atoms with Crippen LogP contribution in [0.5, 0.6) is 0 Å². The molecule has 0 spiro atoms. The van der Waals surface area contributed by atoms with Crippen molar-refractivity contribution in [2.24, 2.45) is 7.05 Å². The lowest BCUT2D eigenvalue weighted by atomic mass is 10.3. The van der Waals surface area contributed by atoms with E-state index in [1.54, 1.807) is 4.68 Å². The highest BCUT2D eigenvalue weighted by Gasteiger charge is 2.06. The van der Waals surface area contributed by atoms with Crippen LogP contribution < -0.4 is 11.5 Å². The van der Waals surface area contributed by atoms with Crippen LogP contribution in [0.25, 0.3) is 0 Å². The second kappa shape index (κ2) is 2.21. The maximum Gasteiger partial charge on any atom is 0.168 e. The molecule has 1 aromatic heterocycles. The van der Waals surface area contributed by atoms with Crippen molar-refractivity contribution in [3.05, 3.63) is 5.69 Å². The Balaban J connectivity index is 3.20. The predicted octanol–water partition coefficient (Wildman–Crippen LogP) is 0.147. The first kappa shape index (κ1) is 6.92. The van der Waals surface area contributed by atoms with Gasteiger partial charge in [0.1, 0.15) is 0 Å². The largest absolute Gasteiger partial charge is 0.394 e. The fraction of sp³-hybridized carbons (Fsp3) is 0.500. The van der Waals surface area contributed by atoms with Crippen LogP contribution in [0.1, 0.15) is 12.6 Å². The summed E-state index contributed by atoms with van der Waals surface area (Å²) in [5.74, 6) is 0.430. The van der Waals surface area contributed by atoms with Crippen molar-refractivity contribution in [1.82, 2.24) is 9.78 Å². The first-order valence-electron chi connectivity index (χ1n) is 3.23. The molecule has 0 aliphatic rings. The number of aromatic nitrogens is 2. The number of nitrogens with zero attached hydrogens (tertiary/aromatic N) is 2. The van der Waals surface area contributed by atoms with Crippen LogP contribution in [-0.4, -0.2) is 9.78 Å². The molecule has 0 fully saturated rings. The van der Waals surface area contributed by atoms with Gasteiger partial charge in [0.25, 0.3) is 0 Å². The van der Waals surface area contributed by atoms with E-state index in [-0.39, 0.29) is 0 Å². The fourth-order valence-corrected chi connectivity index (χ4v) is 1.02. The van der Waals surface area contributed by atoms with Gasteiger partial charge in [0.2, 0.25) is 0 Å². The van der Waals surface area contributed by atoms with E-state index in [4.69, 9.17) is 11.5 Å². The fourth-order valence-electron chi connectivity index (χ4n) is 1.02. The Bertz CT molecular complexity index is 238. The summed E-state index contributed by atoms with van der Waals surface area (Å²) in [6.45, 7) is 2.02. The van der Waals surface area contributed by atoms with Crippen molar-refractivity contribution < 1.29 is 0 Å². The molecule has 0 amide bonds. The minimum atomic E-state index is 0.430. The van der Waals surface area contributed by atoms with Crippen molar-refractivity contribution in [3.8, 4) is 0 Å². The summed E-state index contributed by atoms with van der Waals surface area (Å²) in [5, 5.41) is 3.95. The summed E-state index contributed by atoms with van der Waals surface area (Å²) >= 11 is 0. The number of nitrogen functional groups attached to an aromatic ring is 2. The average Bonchev–Trinajstić information content (AvgIpc) is 2.09. The Morgan fingerprint density at radius 2 is 2.10 bits per heavy atom. The topological polar surface area (TPSA) is 69.9 Å². The molecule has 0 saturated carbocycles. The average molecular weight is 140 g/mol. The first-order valence-corrected chi connectivity index (χ1v) is 3.23. The molecule has 0 bridgehead atoms. The van der Waals surface area contributed by atoms with E-state index in [0.717, 1.165) is 12.1 Å². The molecule has 0 unspecified atom stereocenters. The molecule has 10 heavy (non-hydrogen) atoms. The maximum atomic E-state index is 5.61. The lowest BCUT2D eigenvalue weighted by Gasteiger charge is -1.95. The Morgan fingerprint density at radius 3 is 2.30 bits per heavy atom. The summed E-state index contributed by atoms with van der Waals surface area (Å²) in [5.41, 5.74) is 12.7. The Morgan fingerprint density at radius 1 is 1.50 bits per heavy atom. The van der Waals surface area contributed by atoms with Gasteiger partial charge in [0, 0.05) is 7.05 Å². The van der Waals surface area contributed by atoms with Crippen LogP contribution in [0.2, 0.25) is 0 Å². The van der Waals surface area contributed by atoms with E-state index in [0.29, 0.717) is 11.5 Å². The van der Waals surface area contributed by atoms with Crippen LogP contribution in [0.15, 0.2) is 0 Å². The number of hydrogen-bond acceptors (Lipinski definition) is 3. The second-order valence-electron chi connectivity index (χ2n) is 2.22. The number of nitrogens with two attached hydrogens (primary N) is 2. The van der Waals surface area contributed by atoms with E-state index in [9.17, 15) is 0 Å². The van der Waals surface area contributed by atoms with Crippen LogP contribution >= 0.6 is 0 Å². The summed E-state index contributed by atoms with van der Waals surface area (Å²) in [6, 6.07) is 0. The van der Waals surface area contributed by atoms with Crippen LogP contribution in [0.4, 0.5) is 11.5 Å². The maximum absolute atomic E-state index is 5.61. The predicted molar refractivity (Wildman–Crippen MR) is 41.4 cm³/mol. The van der Waals surface area contributed by atoms with Gasteiger partial charge < -0.3 is 11.5 Å². The Hall–Kier alpha value is -1.19. The van der Waals surface area contributed by atoms with E-state index in [1.165, 1.54) is 0 Å². The molecule has 1 rings (SSSR count). The van der Waals surface area contributed by atoms with E-state index in [2.05, 4.69) is 5.10 Å². The smallest absolute Gasteiger partial charge is 0.168 e. The lowest BCUT2D eigenvalue weighted by Crippen LogP contribution is -1.98. The van der Waals surface area contributed by atoms with Crippen LogP contribution in [0.3, 0.4) is 0 Å². The number of hydrogen-bond donors (Lipinski definition) is 2. The molecule has 4 N–H and O–H groups in total. The third-order valence-electron chi connectivity index (χ3n) is 1.57. The summed E-state index contributed by atoms with van der Waals surface area (Å²) in [6.07, 6.45) is 0.868.